The van der Waals surface area contributed by atoms with Crippen molar-refractivity contribution in [1.82, 2.24) is 15.3 Å². The maximum Gasteiger partial charge on any atom is 0.315 e. The van der Waals surface area contributed by atoms with Crippen LogP contribution >= 0.6 is 0 Å². The lowest BCUT2D eigenvalue weighted by Gasteiger charge is -2.10. The molecular formula is C7H9F2N3O. The molecule has 0 radical (unpaired) electrons. The minimum atomic E-state index is -2.99. The second-order valence-electron chi connectivity index (χ2n) is 2.51. The summed E-state index contributed by atoms with van der Waals surface area (Å²) in [5.41, 5.74) is 0. The summed E-state index contributed by atoms with van der Waals surface area (Å²) in [6.45, 7) is 1.57. The number of carbonyl (C=O) groups is 1. The van der Waals surface area contributed by atoms with Crippen molar-refractivity contribution in [2.24, 2.45) is 0 Å². The van der Waals surface area contributed by atoms with Crippen LogP contribution in [0.1, 0.15) is 18.8 Å². The van der Waals surface area contributed by atoms with Crippen molar-refractivity contribution in [3.8, 4) is 0 Å². The Hall–Kier alpha value is -1.46. The van der Waals surface area contributed by atoms with Gasteiger partial charge in [0, 0.05) is 12.4 Å². The Balaban J connectivity index is 2.51. The summed E-state index contributed by atoms with van der Waals surface area (Å²) in [5.74, 6) is -0.835. The monoisotopic (exact) mass is 189 g/mol. The predicted molar refractivity (Wildman–Crippen MR) is 41.1 cm³/mol. The van der Waals surface area contributed by atoms with Gasteiger partial charge in [-0.25, -0.2) is 4.98 Å². The number of aromatic nitrogens is 2. The maximum absolute atomic E-state index is 11.8. The Morgan fingerprint density at radius 2 is 2.38 bits per heavy atom. The van der Waals surface area contributed by atoms with Gasteiger partial charge in [0.2, 0.25) is 0 Å². The number of carbonyl (C=O) groups excluding carboxylic acids is 1. The van der Waals surface area contributed by atoms with E-state index in [-0.39, 0.29) is 0 Å². The summed E-state index contributed by atoms with van der Waals surface area (Å²) in [4.78, 5) is 17.1. The number of hydrogen-bond acceptors (Lipinski definition) is 2. The highest BCUT2D eigenvalue weighted by atomic mass is 19.3. The third kappa shape index (κ3) is 2.50. The lowest BCUT2D eigenvalue weighted by atomic mass is 10.3. The number of nitrogens with zero attached hydrogens (tertiary/aromatic N) is 1. The first-order valence-electron chi connectivity index (χ1n) is 3.69. The van der Waals surface area contributed by atoms with Gasteiger partial charge in [-0.1, -0.05) is 0 Å². The molecule has 0 fully saturated rings. The first-order chi connectivity index (χ1) is 6.11. The molecule has 0 aromatic carbocycles. The molecule has 0 saturated carbocycles. The Bertz CT molecular complexity index is 273. The largest absolute Gasteiger partial charge is 0.347 e. The van der Waals surface area contributed by atoms with Crippen LogP contribution in [0.5, 0.6) is 0 Å². The molecule has 6 heteroatoms. The van der Waals surface area contributed by atoms with Crippen LogP contribution in [-0.4, -0.2) is 22.3 Å². The fraction of sp³-hybridized carbons (Fsp3) is 0.429. The van der Waals surface area contributed by atoms with Crippen molar-refractivity contribution in [3.05, 3.63) is 18.2 Å². The van der Waals surface area contributed by atoms with E-state index < -0.39 is 18.4 Å². The Kier molecular flexibility index (Phi) is 2.94. The molecule has 1 unspecified atom stereocenters. The quantitative estimate of drug-likeness (QED) is 0.740. The number of alkyl halides is 2. The van der Waals surface area contributed by atoms with Crippen LogP contribution in [0.15, 0.2) is 12.4 Å². The van der Waals surface area contributed by atoms with Gasteiger partial charge >= 0.3 is 6.43 Å². The molecule has 4 nitrogen and oxygen atoms in total. The van der Waals surface area contributed by atoms with Gasteiger partial charge in [-0.05, 0) is 6.92 Å². The van der Waals surface area contributed by atoms with Crippen LogP contribution in [-0.2, 0) is 4.79 Å². The molecule has 1 amide bonds. The Labute approximate surface area is 73.4 Å². The summed E-state index contributed by atoms with van der Waals surface area (Å²) >= 11 is 0. The molecule has 0 spiro atoms. The Morgan fingerprint density at radius 1 is 1.69 bits per heavy atom. The minimum absolute atomic E-state index is 0.453. The van der Waals surface area contributed by atoms with Crippen LogP contribution in [0, 0.1) is 0 Å². The van der Waals surface area contributed by atoms with Crippen LogP contribution in [0.3, 0.4) is 0 Å². The molecule has 13 heavy (non-hydrogen) atoms. The first kappa shape index (κ1) is 9.63. The zero-order chi connectivity index (χ0) is 9.84. The van der Waals surface area contributed by atoms with Gasteiger partial charge in [0.1, 0.15) is 5.82 Å². The predicted octanol–water partition coefficient (Wildman–Crippen LogP) is 0.852. The number of amides is 1. The third-order valence-corrected chi connectivity index (χ3v) is 1.49. The minimum Gasteiger partial charge on any atom is -0.347 e. The molecule has 1 heterocycles. The SMILES string of the molecule is CC(NC(=O)C(F)F)c1ncc[nH]1. The van der Waals surface area contributed by atoms with Crippen molar-refractivity contribution in [3.63, 3.8) is 0 Å². The van der Waals surface area contributed by atoms with Crippen molar-refractivity contribution in [2.75, 3.05) is 0 Å². The lowest BCUT2D eigenvalue weighted by molar-refractivity contribution is -0.132. The van der Waals surface area contributed by atoms with E-state index in [9.17, 15) is 13.6 Å². The number of halogens is 2. The normalized spacial score (nSPS) is 12.9. The van der Waals surface area contributed by atoms with Gasteiger partial charge in [0.05, 0.1) is 6.04 Å². The molecule has 1 aromatic rings. The number of hydrogen-bond donors (Lipinski definition) is 2. The lowest BCUT2D eigenvalue weighted by Crippen LogP contribution is -2.32. The fourth-order valence-electron chi connectivity index (χ4n) is 0.859. The highest BCUT2D eigenvalue weighted by Gasteiger charge is 2.18. The second kappa shape index (κ2) is 3.97. The summed E-state index contributed by atoms with van der Waals surface area (Å²) < 4.78 is 23.6. The molecule has 1 rings (SSSR count). The molecule has 72 valence electrons. The van der Waals surface area contributed by atoms with E-state index in [2.05, 4.69) is 15.3 Å². The number of aromatic amines is 1. The zero-order valence-corrected chi connectivity index (χ0v) is 6.92. The van der Waals surface area contributed by atoms with Crippen LogP contribution in [0.25, 0.3) is 0 Å². The van der Waals surface area contributed by atoms with Crippen molar-refractivity contribution in [1.29, 1.82) is 0 Å². The standard InChI is InChI=1S/C7H9F2N3O/c1-4(6-10-2-3-11-6)12-7(13)5(8)9/h2-5H,1H3,(H,10,11)(H,12,13). The highest BCUT2D eigenvalue weighted by Crippen LogP contribution is 2.06. The van der Waals surface area contributed by atoms with Crippen molar-refractivity contribution < 1.29 is 13.6 Å². The molecular weight excluding hydrogens is 180 g/mol. The van der Waals surface area contributed by atoms with Crippen molar-refractivity contribution >= 4 is 5.91 Å². The number of nitrogens with one attached hydrogen (secondary N) is 2. The van der Waals surface area contributed by atoms with Gasteiger partial charge in [0.15, 0.2) is 0 Å². The topological polar surface area (TPSA) is 57.8 Å². The maximum atomic E-state index is 11.8. The van der Waals surface area contributed by atoms with Crippen molar-refractivity contribution in [2.45, 2.75) is 19.4 Å². The molecule has 1 atom stereocenters. The van der Waals surface area contributed by atoms with Gasteiger partial charge in [-0.2, -0.15) is 8.78 Å². The van der Waals surface area contributed by atoms with Gasteiger partial charge in [-0.15, -0.1) is 0 Å². The molecule has 0 saturated heterocycles. The molecule has 0 aliphatic heterocycles. The summed E-state index contributed by atoms with van der Waals surface area (Å²) in [7, 11) is 0. The first-order valence-corrected chi connectivity index (χ1v) is 3.69. The van der Waals surface area contributed by atoms with E-state index in [0.29, 0.717) is 5.82 Å². The smallest absolute Gasteiger partial charge is 0.315 e. The van der Waals surface area contributed by atoms with Crippen LogP contribution in [0.2, 0.25) is 0 Å². The number of rotatable bonds is 3. The van der Waals surface area contributed by atoms with E-state index in [1.807, 2.05) is 0 Å². The highest BCUT2D eigenvalue weighted by molar-refractivity contribution is 5.79. The van der Waals surface area contributed by atoms with E-state index in [1.165, 1.54) is 6.20 Å². The fourth-order valence-corrected chi connectivity index (χ4v) is 0.859. The van der Waals surface area contributed by atoms with Crippen LogP contribution in [0.4, 0.5) is 8.78 Å². The number of H-pyrrole nitrogens is 1. The average Bonchev–Trinajstić information content (AvgIpc) is 2.55. The molecule has 0 aliphatic rings. The van der Waals surface area contributed by atoms with Gasteiger partial charge in [0.25, 0.3) is 5.91 Å². The van der Waals surface area contributed by atoms with Gasteiger partial charge in [-0.3, -0.25) is 4.79 Å². The summed E-state index contributed by atoms with van der Waals surface area (Å²) in [6, 6.07) is -0.531. The molecule has 1 aromatic heterocycles. The van der Waals surface area contributed by atoms with Gasteiger partial charge < -0.3 is 10.3 Å². The van der Waals surface area contributed by atoms with E-state index in [0.717, 1.165) is 0 Å². The second-order valence-corrected chi connectivity index (χ2v) is 2.51. The van der Waals surface area contributed by atoms with E-state index in [1.54, 1.807) is 13.1 Å². The molecule has 0 aliphatic carbocycles. The third-order valence-electron chi connectivity index (χ3n) is 1.49. The van der Waals surface area contributed by atoms with E-state index >= 15 is 0 Å². The Morgan fingerprint density at radius 3 is 2.85 bits per heavy atom. The molecule has 0 bridgehead atoms. The number of imidazole rings is 1. The zero-order valence-electron chi connectivity index (χ0n) is 6.92. The summed E-state index contributed by atoms with van der Waals surface area (Å²) in [5, 5.41) is 2.10. The summed E-state index contributed by atoms with van der Waals surface area (Å²) in [6.07, 6.45) is 0.0539. The average molecular weight is 189 g/mol. The molecule has 2 N–H and O–H groups in total. The van der Waals surface area contributed by atoms with Crippen LogP contribution < -0.4 is 5.32 Å². The van der Waals surface area contributed by atoms with E-state index in [4.69, 9.17) is 0 Å².